The van der Waals surface area contributed by atoms with E-state index in [1.165, 1.54) is 11.8 Å². The number of benzene rings is 1. The van der Waals surface area contributed by atoms with E-state index in [0.717, 1.165) is 11.1 Å². The zero-order valence-corrected chi connectivity index (χ0v) is 7.94. The van der Waals surface area contributed by atoms with Gasteiger partial charge in [0.05, 0.1) is 6.20 Å². The lowest BCUT2D eigenvalue weighted by atomic mass is 10.1. The number of rotatable bonds is 1. The molecule has 0 radical (unpaired) electrons. The van der Waals surface area contributed by atoms with E-state index >= 15 is 0 Å². The van der Waals surface area contributed by atoms with Gasteiger partial charge in [-0.15, -0.1) is 0 Å². The molecular weight excluding hydrogens is 174 g/mol. The Morgan fingerprint density at radius 3 is 2.43 bits per heavy atom. The fourth-order valence-corrected chi connectivity index (χ4v) is 1.36. The lowest BCUT2D eigenvalue weighted by Gasteiger charge is -2.03. The molecule has 2 aromatic rings. The van der Waals surface area contributed by atoms with Crippen molar-refractivity contribution < 1.29 is 5.11 Å². The third-order valence-electron chi connectivity index (χ3n) is 2.16. The van der Waals surface area contributed by atoms with Gasteiger partial charge < -0.3 is 5.11 Å². The fraction of sp³-hybridized carbons (Fsp3) is 0.0833. The van der Waals surface area contributed by atoms with Crippen LogP contribution in [0.4, 0.5) is 0 Å². The van der Waals surface area contributed by atoms with E-state index in [0.29, 0.717) is 0 Å². The van der Waals surface area contributed by atoms with Crippen molar-refractivity contribution in [1.82, 2.24) is 4.98 Å². The summed E-state index contributed by atoms with van der Waals surface area (Å²) in [5.74, 6) is 0.219. The van der Waals surface area contributed by atoms with Gasteiger partial charge in [0.15, 0.2) is 0 Å². The number of hydrogen-bond donors (Lipinski definition) is 1. The van der Waals surface area contributed by atoms with Gasteiger partial charge in [-0.05, 0) is 18.6 Å². The molecule has 0 aliphatic heterocycles. The summed E-state index contributed by atoms with van der Waals surface area (Å²) in [4.78, 5) is 3.84. The van der Waals surface area contributed by atoms with E-state index in [9.17, 15) is 5.11 Å². The molecule has 2 rings (SSSR count). The first-order valence-electron chi connectivity index (χ1n) is 4.47. The Bertz CT molecular complexity index is 434. The summed E-state index contributed by atoms with van der Waals surface area (Å²) in [6.07, 6.45) is 3.13. The molecule has 0 bridgehead atoms. The minimum atomic E-state index is 0.219. The minimum absolute atomic E-state index is 0.219. The van der Waals surface area contributed by atoms with E-state index < -0.39 is 0 Å². The van der Waals surface area contributed by atoms with Crippen LogP contribution in [0.25, 0.3) is 11.1 Å². The summed E-state index contributed by atoms with van der Waals surface area (Å²) < 4.78 is 0. The Balaban J connectivity index is 2.50. The number of aromatic nitrogens is 1. The van der Waals surface area contributed by atoms with Crippen molar-refractivity contribution in [3.05, 3.63) is 48.3 Å². The van der Waals surface area contributed by atoms with Crippen LogP contribution in [0.5, 0.6) is 5.75 Å². The normalized spacial score (nSPS) is 10.1. The molecule has 0 spiro atoms. The van der Waals surface area contributed by atoms with Gasteiger partial charge >= 0.3 is 0 Å². The van der Waals surface area contributed by atoms with E-state index in [2.05, 4.69) is 4.98 Å². The second-order valence-electron chi connectivity index (χ2n) is 3.26. The quantitative estimate of drug-likeness (QED) is 0.741. The van der Waals surface area contributed by atoms with Crippen LogP contribution in [0.15, 0.2) is 42.7 Å². The van der Waals surface area contributed by atoms with Crippen molar-refractivity contribution in [3.63, 3.8) is 0 Å². The first kappa shape index (κ1) is 8.75. The van der Waals surface area contributed by atoms with Crippen LogP contribution in [0.1, 0.15) is 5.56 Å². The molecule has 0 saturated heterocycles. The monoisotopic (exact) mass is 185 g/mol. The number of pyridine rings is 1. The summed E-state index contributed by atoms with van der Waals surface area (Å²) in [6, 6.07) is 9.83. The smallest absolute Gasteiger partial charge is 0.141 e. The predicted molar refractivity (Wildman–Crippen MR) is 56.1 cm³/mol. The maximum absolute atomic E-state index is 9.57. The standard InChI is InChI=1S/C12H11NO/c1-9-2-4-10(5-3-9)11-6-7-13-8-12(11)14/h2-8,14H,1H3. The summed E-state index contributed by atoms with van der Waals surface area (Å²) >= 11 is 0. The second-order valence-corrected chi connectivity index (χ2v) is 3.26. The molecule has 2 nitrogen and oxygen atoms in total. The molecule has 1 aromatic carbocycles. The minimum Gasteiger partial charge on any atom is -0.506 e. The van der Waals surface area contributed by atoms with Crippen molar-refractivity contribution in [3.8, 4) is 16.9 Å². The molecule has 0 aliphatic carbocycles. The number of hydrogen-bond acceptors (Lipinski definition) is 2. The summed E-state index contributed by atoms with van der Waals surface area (Å²) in [5, 5.41) is 9.57. The third-order valence-corrected chi connectivity index (χ3v) is 2.16. The van der Waals surface area contributed by atoms with E-state index in [-0.39, 0.29) is 5.75 Å². The molecule has 0 fully saturated rings. The highest BCUT2D eigenvalue weighted by Gasteiger charge is 2.02. The maximum atomic E-state index is 9.57. The molecule has 0 saturated carbocycles. The van der Waals surface area contributed by atoms with Crippen LogP contribution < -0.4 is 0 Å². The van der Waals surface area contributed by atoms with Gasteiger partial charge in [-0.3, -0.25) is 4.98 Å². The molecule has 0 aliphatic rings. The first-order valence-corrected chi connectivity index (χ1v) is 4.47. The number of aryl methyl sites for hydroxylation is 1. The molecule has 1 heterocycles. The Morgan fingerprint density at radius 2 is 1.79 bits per heavy atom. The van der Waals surface area contributed by atoms with Gasteiger partial charge in [-0.25, -0.2) is 0 Å². The average molecular weight is 185 g/mol. The van der Waals surface area contributed by atoms with Gasteiger partial charge in [0.1, 0.15) is 5.75 Å². The van der Waals surface area contributed by atoms with Crippen LogP contribution in [0.2, 0.25) is 0 Å². The SMILES string of the molecule is Cc1ccc(-c2ccncc2O)cc1. The molecule has 1 aromatic heterocycles. The third kappa shape index (κ3) is 1.59. The fourth-order valence-electron chi connectivity index (χ4n) is 1.36. The highest BCUT2D eigenvalue weighted by molar-refractivity contribution is 5.69. The molecule has 0 unspecified atom stereocenters. The molecule has 2 heteroatoms. The van der Waals surface area contributed by atoms with E-state index in [4.69, 9.17) is 0 Å². The van der Waals surface area contributed by atoms with Gasteiger partial charge in [-0.2, -0.15) is 0 Å². The lowest BCUT2D eigenvalue weighted by molar-refractivity contribution is 0.474. The topological polar surface area (TPSA) is 33.1 Å². The Kier molecular flexibility index (Phi) is 2.19. The molecular formula is C12H11NO. The number of aromatic hydroxyl groups is 1. The van der Waals surface area contributed by atoms with Crippen molar-refractivity contribution in [1.29, 1.82) is 0 Å². The highest BCUT2D eigenvalue weighted by Crippen LogP contribution is 2.27. The molecule has 0 atom stereocenters. The van der Waals surface area contributed by atoms with Crippen molar-refractivity contribution in [2.75, 3.05) is 0 Å². The average Bonchev–Trinajstić information content (AvgIpc) is 2.20. The van der Waals surface area contributed by atoms with Crippen LogP contribution in [-0.4, -0.2) is 10.1 Å². The largest absolute Gasteiger partial charge is 0.506 e. The van der Waals surface area contributed by atoms with Crippen LogP contribution in [-0.2, 0) is 0 Å². The Labute approximate surface area is 82.9 Å². The summed E-state index contributed by atoms with van der Waals surface area (Å²) in [7, 11) is 0. The molecule has 14 heavy (non-hydrogen) atoms. The molecule has 70 valence electrons. The van der Waals surface area contributed by atoms with Crippen LogP contribution in [0, 0.1) is 6.92 Å². The summed E-state index contributed by atoms with van der Waals surface area (Å²) in [5.41, 5.74) is 3.04. The van der Waals surface area contributed by atoms with Crippen molar-refractivity contribution in [2.45, 2.75) is 6.92 Å². The van der Waals surface area contributed by atoms with E-state index in [1.807, 2.05) is 31.2 Å². The lowest BCUT2D eigenvalue weighted by Crippen LogP contribution is -1.80. The first-order chi connectivity index (χ1) is 6.77. The predicted octanol–water partition coefficient (Wildman–Crippen LogP) is 2.76. The zero-order chi connectivity index (χ0) is 9.97. The van der Waals surface area contributed by atoms with Crippen LogP contribution in [0.3, 0.4) is 0 Å². The Hall–Kier alpha value is -1.83. The highest BCUT2D eigenvalue weighted by atomic mass is 16.3. The summed E-state index contributed by atoms with van der Waals surface area (Å²) in [6.45, 7) is 2.04. The number of nitrogens with zero attached hydrogens (tertiary/aromatic N) is 1. The maximum Gasteiger partial charge on any atom is 0.141 e. The van der Waals surface area contributed by atoms with E-state index in [1.54, 1.807) is 12.3 Å². The van der Waals surface area contributed by atoms with Gasteiger partial charge in [0, 0.05) is 11.8 Å². The van der Waals surface area contributed by atoms with Gasteiger partial charge in [-0.1, -0.05) is 29.8 Å². The Morgan fingerprint density at radius 1 is 1.07 bits per heavy atom. The molecule has 1 N–H and O–H groups in total. The van der Waals surface area contributed by atoms with Crippen molar-refractivity contribution >= 4 is 0 Å². The molecule has 0 amide bonds. The second kappa shape index (κ2) is 3.50. The van der Waals surface area contributed by atoms with Gasteiger partial charge in [0.25, 0.3) is 0 Å². The zero-order valence-electron chi connectivity index (χ0n) is 7.94. The van der Waals surface area contributed by atoms with Crippen LogP contribution >= 0.6 is 0 Å². The van der Waals surface area contributed by atoms with Crippen molar-refractivity contribution in [2.24, 2.45) is 0 Å². The van der Waals surface area contributed by atoms with Gasteiger partial charge in [0.2, 0.25) is 0 Å².